The highest BCUT2D eigenvalue weighted by atomic mass is 16.5. The molecular formula is C19H20N2O3. The van der Waals surface area contributed by atoms with Crippen molar-refractivity contribution < 1.29 is 14.2 Å². The molecule has 0 bridgehead atoms. The Labute approximate surface area is 141 Å². The van der Waals surface area contributed by atoms with E-state index in [9.17, 15) is 0 Å². The first-order chi connectivity index (χ1) is 11.7. The van der Waals surface area contributed by atoms with Gasteiger partial charge in [-0.3, -0.25) is 4.68 Å². The van der Waals surface area contributed by atoms with E-state index in [2.05, 4.69) is 5.10 Å². The zero-order chi connectivity index (χ0) is 16.9. The van der Waals surface area contributed by atoms with E-state index in [-0.39, 0.29) is 0 Å². The Balaban J connectivity index is 1.79. The van der Waals surface area contributed by atoms with E-state index in [0.29, 0.717) is 18.0 Å². The Morgan fingerprint density at radius 3 is 2.25 bits per heavy atom. The van der Waals surface area contributed by atoms with E-state index in [1.807, 2.05) is 59.4 Å². The lowest BCUT2D eigenvalue weighted by atomic mass is 10.1. The van der Waals surface area contributed by atoms with Crippen molar-refractivity contribution in [1.82, 2.24) is 9.78 Å². The van der Waals surface area contributed by atoms with Crippen LogP contribution in [0.5, 0.6) is 17.2 Å². The first-order valence-corrected chi connectivity index (χ1v) is 7.62. The maximum Gasteiger partial charge on any atom is 0.161 e. The zero-order valence-corrected chi connectivity index (χ0v) is 14.0. The number of hydrogen-bond acceptors (Lipinski definition) is 4. The van der Waals surface area contributed by atoms with Gasteiger partial charge < -0.3 is 14.2 Å². The normalized spacial score (nSPS) is 10.5. The quantitative estimate of drug-likeness (QED) is 0.695. The SMILES string of the molecule is COc1ccc(Cn2ccc(-c3ccc(OC)c(OC)c3)n2)cc1. The molecule has 0 aliphatic heterocycles. The van der Waals surface area contributed by atoms with Crippen molar-refractivity contribution in [2.24, 2.45) is 0 Å². The minimum Gasteiger partial charge on any atom is -0.497 e. The van der Waals surface area contributed by atoms with E-state index in [1.165, 1.54) is 0 Å². The number of rotatable bonds is 6. The van der Waals surface area contributed by atoms with Crippen molar-refractivity contribution in [2.45, 2.75) is 6.54 Å². The van der Waals surface area contributed by atoms with Crippen molar-refractivity contribution in [3.05, 3.63) is 60.3 Å². The summed E-state index contributed by atoms with van der Waals surface area (Å²) >= 11 is 0. The zero-order valence-electron chi connectivity index (χ0n) is 14.0. The number of hydrogen-bond donors (Lipinski definition) is 0. The number of methoxy groups -OCH3 is 3. The van der Waals surface area contributed by atoms with Crippen molar-refractivity contribution in [3.8, 4) is 28.5 Å². The van der Waals surface area contributed by atoms with Gasteiger partial charge in [0.2, 0.25) is 0 Å². The Kier molecular flexibility index (Phi) is 4.70. The highest BCUT2D eigenvalue weighted by molar-refractivity contribution is 5.63. The molecule has 0 fully saturated rings. The van der Waals surface area contributed by atoms with Crippen molar-refractivity contribution in [2.75, 3.05) is 21.3 Å². The molecule has 5 heteroatoms. The lowest BCUT2D eigenvalue weighted by Gasteiger charge is -2.08. The molecule has 1 aromatic heterocycles. The molecule has 0 radical (unpaired) electrons. The van der Waals surface area contributed by atoms with Gasteiger partial charge in [0, 0.05) is 11.8 Å². The average Bonchev–Trinajstić information content (AvgIpc) is 3.10. The van der Waals surface area contributed by atoms with Crippen LogP contribution in [0, 0.1) is 0 Å². The summed E-state index contributed by atoms with van der Waals surface area (Å²) < 4.78 is 17.7. The number of nitrogens with zero attached hydrogens (tertiary/aromatic N) is 2. The molecule has 0 spiro atoms. The van der Waals surface area contributed by atoms with Gasteiger partial charge in [-0.15, -0.1) is 0 Å². The molecule has 24 heavy (non-hydrogen) atoms. The molecule has 1 heterocycles. The summed E-state index contributed by atoms with van der Waals surface area (Å²) in [6.07, 6.45) is 1.97. The molecule has 0 saturated carbocycles. The van der Waals surface area contributed by atoms with Gasteiger partial charge in [0.15, 0.2) is 11.5 Å². The van der Waals surface area contributed by atoms with Gasteiger partial charge in [0.1, 0.15) is 5.75 Å². The van der Waals surface area contributed by atoms with Crippen LogP contribution in [0.4, 0.5) is 0 Å². The fourth-order valence-electron chi connectivity index (χ4n) is 2.52. The third kappa shape index (κ3) is 3.35. The van der Waals surface area contributed by atoms with Crippen LogP contribution in [-0.2, 0) is 6.54 Å². The molecule has 3 aromatic rings. The molecule has 0 N–H and O–H groups in total. The first kappa shape index (κ1) is 15.9. The molecule has 0 aliphatic rings. The summed E-state index contributed by atoms with van der Waals surface area (Å²) in [5.41, 5.74) is 3.04. The average molecular weight is 324 g/mol. The third-order valence-corrected chi connectivity index (χ3v) is 3.82. The molecule has 0 aliphatic carbocycles. The fraction of sp³-hybridized carbons (Fsp3) is 0.211. The highest BCUT2D eigenvalue weighted by Crippen LogP contribution is 2.31. The van der Waals surface area contributed by atoms with Gasteiger partial charge in [0.25, 0.3) is 0 Å². The van der Waals surface area contributed by atoms with E-state index in [0.717, 1.165) is 22.6 Å². The third-order valence-electron chi connectivity index (χ3n) is 3.82. The maximum absolute atomic E-state index is 5.35. The molecule has 0 unspecified atom stereocenters. The van der Waals surface area contributed by atoms with Crippen LogP contribution in [0.1, 0.15) is 5.56 Å². The largest absolute Gasteiger partial charge is 0.497 e. The van der Waals surface area contributed by atoms with Crippen LogP contribution in [0.25, 0.3) is 11.3 Å². The molecule has 2 aromatic carbocycles. The topological polar surface area (TPSA) is 45.5 Å². The van der Waals surface area contributed by atoms with Gasteiger partial charge in [-0.2, -0.15) is 5.10 Å². The first-order valence-electron chi connectivity index (χ1n) is 7.62. The van der Waals surface area contributed by atoms with E-state index in [4.69, 9.17) is 14.2 Å². The molecule has 3 rings (SSSR count). The summed E-state index contributed by atoms with van der Waals surface area (Å²) in [5.74, 6) is 2.25. The van der Waals surface area contributed by atoms with Crippen molar-refractivity contribution in [1.29, 1.82) is 0 Å². The summed E-state index contributed by atoms with van der Waals surface area (Å²) in [5, 5.41) is 4.64. The number of benzene rings is 2. The van der Waals surface area contributed by atoms with Crippen LogP contribution in [0.3, 0.4) is 0 Å². The standard InChI is InChI=1S/C19H20N2O3/c1-22-16-7-4-14(5-8-16)13-21-11-10-17(20-21)15-6-9-18(23-2)19(12-15)24-3/h4-12H,13H2,1-3H3. The minimum absolute atomic E-state index is 0.694. The summed E-state index contributed by atoms with van der Waals surface area (Å²) in [7, 11) is 4.92. The van der Waals surface area contributed by atoms with E-state index < -0.39 is 0 Å². The smallest absolute Gasteiger partial charge is 0.161 e. The Morgan fingerprint density at radius 1 is 0.833 bits per heavy atom. The van der Waals surface area contributed by atoms with Gasteiger partial charge in [-0.05, 0) is 42.0 Å². The predicted octanol–water partition coefficient (Wildman–Crippen LogP) is 3.62. The monoisotopic (exact) mass is 324 g/mol. The maximum atomic E-state index is 5.35. The lowest BCUT2D eigenvalue weighted by molar-refractivity contribution is 0.355. The molecule has 124 valence electrons. The van der Waals surface area contributed by atoms with E-state index >= 15 is 0 Å². The summed E-state index contributed by atoms with van der Waals surface area (Å²) in [6.45, 7) is 0.706. The minimum atomic E-state index is 0.694. The highest BCUT2D eigenvalue weighted by Gasteiger charge is 2.08. The number of aromatic nitrogens is 2. The van der Waals surface area contributed by atoms with Crippen molar-refractivity contribution in [3.63, 3.8) is 0 Å². The van der Waals surface area contributed by atoms with Gasteiger partial charge in [-0.1, -0.05) is 12.1 Å². The summed E-state index contributed by atoms with van der Waals surface area (Å²) in [4.78, 5) is 0. The van der Waals surface area contributed by atoms with Crippen molar-refractivity contribution >= 4 is 0 Å². The van der Waals surface area contributed by atoms with Crippen LogP contribution in [-0.4, -0.2) is 31.1 Å². The van der Waals surface area contributed by atoms with Gasteiger partial charge >= 0.3 is 0 Å². The second-order valence-corrected chi connectivity index (χ2v) is 5.32. The Bertz CT molecular complexity index is 810. The Hall–Kier alpha value is -2.95. The molecule has 0 saturated heterocycles. The fourth-order valence-corrected chi connectivity index (χ4v) is 2.52. The van der Waals surface area contributed by atoms with Crippen LogP contribution in [0.2, 0.25) is 0 Å². The molecule has 0 atom stereocenters. The van der Waals surface area contributed by atoms with E-state index in [1.54, 1.807) is 21.3 Å². The molecule has 5 nitrogen and oxygen atoms in total. The number of ether oxygens (including phenoxy) is 3. The van der Waals surface area contributed by atoms with Gasteiger partial charge in [0.05, 0.1) is 33.6 Å². The molecular weight excluding hydrogens is 304 g/mol. The van der Waals surface area contributed by atoms with Crippen LogP contribution >= 0.6 is 0 Å². The summed E-state index contributed by atoms with van der Waals surface area (Å²) in [6, 6.07) is 15.8. The Morgan fingerprint density at radius 2 is 1.58 bits per heavy atom. The van der Waals surface area contributed by atoms with Crippen LogP contribution in [0.15, 0.2) is 54.7 Å². The van der Waals surface area contributed by atoms with Crippen LogP contribution < -0.4 is 14.2 Å². The lowest BCUT2D eigenvalue weighted by Crippen LogP contribution is -2.00. The second kappa shape index (κ2) is 7.08. The predicted molar refractivity (Wildman–Crippen MR) is 92.9 cm³/mol. The molecule has 0 amide bonds. The second-order valence-electron chi connectivity index (χ2n) is 5.32. The van der Waals surface area contributed by atoms with Gasteiger partial charge in [-0.25, -0.2) is 0 Å².